The average Bonchev–Trinajstić information content (AvgIpc) is 2.49. The fraction of sp³-hybridized carbons (Fsp3) is 0.133. The zero-order valence-corrected chi connectivity index (χ0v) is 14.1. The van der Waals surface area contributed by atoms with E-state index in [0.717, 1.165) is 5.56 Å². The number of rotatable bonds is 5. The van der Waals surface area contributed by atoms with Crippen LogP contribution in [0.3, 0.4) is 0 Å². The topological polar surface area (TPSA) is 42.8 Å². The molecule has 22 heavy (non-hydrogen) atoms. The summed E-state index contributed by atoms with van der Waals surface area (Å²) in [5.41, 5.74) is 4.02. The van der Waals surface area contributed by atoms with E-state index in [1.165, 1.54) is 0 Å². The van der Waals surface area contributed by atoms with Gasteiger partial charge in [0.25, 0.3) is 0 Å². The van der Waals surface area contributed by atoms with Crippen molar-refractivity contribution in [3.8, 4) is 11.5 Å². The lowest BCUT2D eigenvalue weighted by Crippen LogP contribution is -1.97. The molecule has 0 saturated carbocycles. The lowest BCUT2D eigenvalue weighted by molar-refractivity contribution is 0.354. The predicted octanol–water partition coefficient (Wildman–Crippen LogP) is 5.11. The molecule has 0 amide bonds. The maximum atomic E-state index is 6.07. The number of methoxy groups -OCH3 is 2. The molecule has 0 aromatic heterocycles. The van der Waals surface area contributed by atoms with Gasteiger partial charge in [0.05, 0.1) is 36.2 Å². The highest BCUT2D eigenvalue weighted by molar-refractivity contribution is 6.41. The van der Waals surface area contributed by atoms with Crippen molar-refractivity contribution in [1.29, 1.82) is 0 Å². The van der Waals surface area contributed by atoms with Crippen LogP contribution in [0.15, 0.2) is 35.4 Å². The molecule has 1 N–H and O–H groups in total. The Balaban J connectivity index is 2.24. The minimum Gasteiger partial charge on any atom is -0.493 e. The fourth-order valence-corrected chi connectivity index (χ4v) is 2.73. The molecule has 0 radical (unpaired) electrons. The fourth-order valence-electron chi connectivity index (χ4n) is 1.83. The number of para-hydroxylation sites is 1. The minimum atomic E-state index is 0.382. The molecule has 0 fully saturated rings. The highest BCUT2D eigenvalue weighted by Crippen LogP contribution is 2.34. The molecule has 0 unspecified atom stereocenters. The first kappa shape index (κ1) is 16.7. The minimum absolute atomic E-state index is 0.382. The number of ether oxygens (including phenoxy) is 2. The van der Waals surface area contributed by atoms with Crippen molar-refractivity contribution in [2.45, 2.75) is 0 Å². The molecule has 2 aromatic rings. The largest absolute Gasteiger partial charge is 0.493 e. The van der Waals surface area contributed by atoms with Crippen molar-refractivity contribution >= 4 is 46.7 Å². The van der Waals surface area contributed by atoms with E-state index in [0.29, 0.717) is 32.3 Å². The van der Waals surface area contributed by atoms with E-state index in [2.05, 4.69) is 10.5 Å². The summed E-state index contributed by atoms with van der Waals surface area (Å²) in [7, 11) is 3.14. The van der Waals surface area contributed by atoms with Crippen molar-refractivity contribution in [1.82, 2.24) is 0 Å². The number of nitrogens with zero attached hydrogens (tertiary/aromatic N) is 1. The Labute approximate surface area is 143 Å². The molecule has 2 rings (SSSR count). The van der Waals surface area contributed by atoms with Crippen molar-refractivity contribution in [3.63, 3.8) is 0 Å². The smallest absolute Gasteiger partial charge is 0.169 e. The Morgan fingerprint density at radius 2 is 1.73 bits per heavy atom. The van der Waals surface area contributed by atoms with Crippen molar-refractivity contribution in [2.24, 2.45) is 5.10 Å². The first-order valence-electron chi connectivity index (χ1n) is 6.21. The zero-order valence-electron chi connectivity index (χ0n) is 11.9. The van der Waals surface area contributed by atoms with Crippen LogP contribution in [-0.4, -0.2) is 20.4 Å². The second-order valence-electron chi connectivity index (χ2n) is 4.20. The van der Waals surface area contributed by atoms with Crippen LogP contribution in [0.5, 0.6) is 11.5 Å². The van der Waals surface area contributed by atoms with Gasteiger partial charge in [-0.3, -0.25) is 5.43 Å². The number of benzene rings is 2. The Hall–Kier alpha value is -1.62. The van der Waals surface area contributed by atoms with E-state index in [4.69, 9.17) is 44.3 Å². The quantitative estimate of drug-likeness (QED) is 0.596. The molecule has 2 aromatic carbocycles. The lowest BCUT2D eigenvalue weighted by Gasteiger charge is -2.10. The molecule has 0 spiro atoms. The SMILES string of the molecule is COc1cccc(/C=N\Nc2c(Cl)cc(Cl)cc2Cl)c1OC. The van der Waals surface area contributed by atoms with E-state index in [9.17, 15) is 0 Å². The van der Waals surface area contributed by atoms with Crippen LogP contribution < -0.4 is 14.9 Å². The highest BCUT2D eigenvalue weighted by atomic mass is 35.5. The molecule has 0 aliphatic rings. The summed E-state index contributed by atoms with van der Waals surface area (Å²) in [5, 5.41) is 5.35. The number of hydrazone groups is 1. The number of hydrogen-bond acceptors (Lipinski definition) is 4. The molecular formula is C15H13Cl3N2O2. The summed E-state index contributed by atoms with van der Waals surface area (Å²) in [6.07, 6.45) is 1.59. The number of halogens is 3. The van der Waals surface area contributed by atoms with Crippen LogP contribution >= 0.6 is 34.8 Å². The van der Waals surface area contributed by atoms with Gasteiger partial charge in [-0.25, -0.2) is 0 Å². The molecule has 0 atom stereocenters. The monoisotopic (exact) mass is 358 g/mol. The number of anilines is 1. The van der Waals surface area contributed by atoms with Gasteiger partial charge in [-0.2, -0.15) is 5.10 Å². The molecular weight excluding hydrogens is 347 g/mol. The molecule has 0 bridgehead atoms. The Morgan fingerprint density at radius 1 is 1.05 bits per heavy atom. The molecule has 7 heteroatoms. The van der Waals surface area contributed by atoms with Gasteiger partial charge in [0.1, 0.15) is 0 Å². The second-order valence-corrected chi connectivity index (χ2v) is 5.45. The third-order valence-electron chi connectivity index (χ3n) is 2.82. The maximum absolute atomic E-state index is 6.07. The summed E-state index contributed by atoms with van der Waals surface area (Å²) in [6, 6.07) is 8.65. The van der Waals surface area contributed by atoms with Gasteiger partial charge in [-0.15, -0.1) is 0 Å². The summed E-state index contributed by atoms with van der Waals surface area (Å²) < 4.78 is 10.5. The van der Waals surface area contributed by atoms with Crippen LogP contribution in [0.1, 0.15) is 5.56 Å². The van der Waals surface area contributed by atoms with Crippen molar-refractivity contribution in [3.05, 3.63) is 51.0 Å². The molecule has 0 heterocycles. The van der Waals surface area contributed by atoms with Crippen molar-refractivity contribution in [2.75, 3.05) is 19.6 Å². The first-order valence-corrected chi connectivity index (χ1v) is 7.34. The Morgan fingerprint density at radius 3 is 2.32 bits per heavy atom. The standard InChI is InChI=1S/C15H13Cl3N2O2/c1-21-13-5-3-4-9(15(13)22-2)8-19-20-14-11(17)6-10(16)7-12(14)18/h3-8,20H,1-2H3/b19-8-. The Bertz CT molecular complexity index is 682. The highest BCUT2D eigenvalue weighted by Gasteiger charge is 2.09. The van der Waals surface area contributed by atoms with Gasteiger partial charge in [0.2, 0.25) is 0 Å². The summed E-state index contributed by atoms with van der Waals surface area (Å²) in [5.74, 6) is 1.21. The normalized spacial score (nSPS) is 10.8. The molecule has 0 aliphatic carbocycles. The van der Waals surface area contributed by atoms with Gasteiger partial charge >= 0.3 is 0 Å². The third kappa shape index (κ3) is 3.77. The molecule has 4 nitrogen and oxygen atoms in total. The summed E-state index contributed by atoms with van der Waals surface area (Å²) >= 11 is 18.0. The average molecular weight is 360 g/mol. The first-order chi connectivity index (χ1) is 10.6. The van der Waals surface area contributed by atoms with E-state index < -0.39 is 0 Å². The van der Waals surface area contributed by atoms with E-state index in [1.54, 1.807) is 38.6 Å². The molecule has 0 saturated heterocycles. The van der Waals surface area contributed by atoms with E-state index in [1.807, 2.05) is 12.1 Å². The van der Waals surface area contributed by atoms with Crippen LogP contribution in [0.2, 0.25) is 15.1 Å². The van der Waals surface area contributed by atoms with E-state index in [-0.39, 0.29) is 0 Å². The van der Waals surface area contributed by atoms with Gasteiger partial charge in [0, 0.05) is 10.6 Å². The Kier molecular flexibility index (Phi) is 5.77. The maximum Gasteiger partial charge on any atom is 0.169 e. The zero-order chi connectivity index (χ0) is 16.1. The van der Waals surface area contributed by atoms with Crippen molar-refractivity contribution < 1.29 is 9.47 Å². The molecule has 0 aliphatic heterocycles. The third-order valence-corrected chi connectivity index (χ3v) is 3.63. The van der Waals surface area contributed by atoms with Crippen LogP contribution in [0.25, 0.3) is 0 Å². The van der Waals surface area contributed by atoms with Gasteiger partial charge in [-0.1, -0.05) is 40.9 Å². The van der Waals surface area contributed by atoms with Gasteiger partial charge < -0.3 is 9.47 Å². The summed E-state index contributed by atoms with van der Waals surface area (Å²) in [6.45, 7) is 0. The van der Waals surface area contributed by atoms with Gasteiger partial charge in [0.15, 0.2) is 11.5 Å². The van der Waals surface area contributed by atoms with E-state index >= 15 is 0 Å². The predicted molar refractivity (Wildman–Crippen MR) is 92.2 cm³/mol. The second kappa shape index (κ2) is 7.58. The van der Waals surface area contributed by atoms with Crippen LogP contribution in [0.4, 0.5) is 5.69 Å². The number of hydrogen-bond donors (Lipinski definition) is 1. The van der Waals surface area contributed by atoms with Gasteiger partial charge in [-0.05, 0) is 24.3 Å². The lowest BCUT2D eigenvalue weighted by atomic mass is 10.2. The van der Waals surface area contributed by atoms with Crippen LogP contribution in [-0.2, 0) is 0 Å². The molecule has 116 valence electrons. The van der Waals surface area contributed by atoms with Crippen LogP contribution in [0, 0.1) is 0 Å². The summed E-state index contributed by atoms with van der Waals surface area (Å²) in [4.78, 5) is 0. The number of nitrogens with one attached hydrogen (secondary N) is 1.